The van der Waals surface area contributed by atoms with Crippen LogP contribution in [0.2, 0.25) is 0 Å². The van der Waals surface area contributed by atoms with Crippen LogP contribution in [-0.4, -0.2) is 20.6 Å². The summed E-state index contributed by atoms with van der Waals surface area (Å²) in [6, 6.07) is 0. The molecule has 0 saturated carbocycles. The Morgan fingerprint density at radius 3 is 2.50 bits per heavy atom. The third-order valence-corrected chi connectivity index (χ3v) is 1.93. The van der Waals surface area contributed by atoms with E-state index in [0.29, 0.717) is 5.69 Å². The van der Waals surface area contributed by atoms with Crippen LogP contribution in [0.3, 0.4) is 0 Å². The van der Waals surface area contributed by atoms with E-state index in [1.807, 2.05) is 11.6 Å². The van der Waals surface area contributed by atoms with Gasteiger partial charge >= 0.3 is 5.97 Å². The van der Waals surface area contributed by atoms with Crippen molar-refractivity contribution in [3.63, 3.8) is 0 Å². The Morgan fingerprint density at radius 1 is 1.57 bits per heavy atom. The molecule has 4 nitrogen and oxygen atoms in total. The van der Waals surface area contributed by atoms with Gasteiger partial charge in [-0.15, -0.1) is 0 Å². The molecule has 1 N–H and O–H groups in total. The molecule has 1 rings (SSSR count). The average molecular weight is 196 g/mol. The van der Waals surface area contributed by atoms with Crippen molar-refractivity contribution in [3.05, 3.63) is 17.7 Å². The molecule has 0 aliphatic heterocycles. The molecule has 0 spiro atoms. The highest BCUT2D eigenvalue weighted by Crippen LogP contribution is 2.20. The molecule has 1 aromatic rings. The first-order valence-electron chi connectivity index (χ1n) is 4.55. The minimum Gasteiger partial charge on any atom is -0.481 e. The normalized spacial score (nSPS) is 11.7. The maximum atomic E-state index is 10.5. The van der Waals surface area contributed by atoms with Gasteiger partial charge in [-0.05, 0) is 0 Å². The summed E-state index contributed by atoms with van der Waals surface area (Å²) in [5.74, 6) is 0.0670. The molecule has 14 heavy (non-hydrogen) atoms. The number of nitrogens with zero attached hydrogens (tertiary/aromatic N) is 2. The minimum atomic E-state index is -0.844. The molecule has 0 bridgehead atoms. The second-order valence-electron chi connectivity index (χ2n) is 4.49. The molecule has 4 heteroatoms. The van der Waals surface area contributed by atoms with E-state index >= 15 is 0 Å². The van der Waals surface area contributed by atoms with Crippen molar-refractivity contribution in [2.24, 2.45) is 7.05 Å². The average Bonchev–Trinajstić information content (AvgIpc) is 2.27. The molecular weight excluding hydrogens is 180 g/mol. The number of carboxylic acids is 1. The summed E-state index contributed by atoms with van der Waals surface area (Å²) >= 11 is 0. The Hall–Kier alpha value is -1.32. The molecule has 0 atom stereocenters. The molecule has 0 aliphatic rings. The van der Waals surface area contributed by atoms with Crippen molar-refractivity contribution >= 4 is 5.97 Å². The SMILES string of the molecule is Cn1cc(CC(=O)O)nc1C(C)(C)C. The van der Waals surface area contributed by atoms with Gasteiger partial charge < -0.3 is 9.67 Å². The highest BCUT2D eigenvalue weighted by Gasteiger charge is 2.20. The molecule has 0 aliphatic carbocycles. The Morgan fingerprint density at radius 2 is 2.14 bits per heavy atom. The number of imidazole rings is 1. The van der Waals surface area contributed by atoms with Crippen LogP contribution in [0, 0.1) is 0 Å². The summed E-state index contributed by atoms with van der Waals surface area (Å²) in [6.45, 7) is 6.17. The lowest BCUT2D eigenvalue weighted by atomic mass is 9.96. The first-order valence-corrected chi connectivity index (χ1v) is 4.55. The number of hydrogen-bond donors (Lipinski definition) is 1. The number of aromatic nitrogens is 2. The van der Waals surface area contributed by atoms with E-state index in [1.165, 1.54) is 0 Å². The van der Waals surface area contributed by atoms with Crippen LogP contribution in [-0.2, 0) is 23.7 Å². The van der Waals surface area contributed by atoms with Gasteiger partial charge in [-0.25, -0.2) is 4.98 Å². The molecule has 0 unspecified atom stereocenters. The van der Waals surface area contributed by atoms with E-state index in [-0.39, 0.29) is 11.8 Å². The smallest absolute Gasteiger partial charge is 0.309 e. The standard InChI is InChI=1S/C10H16N2O2/c1-10(2,3)9-11-7(5-8(13)14)6-12(9)4/h6H,5H2,1-4H3,(H,13,14). The Bertz CT molecular complexity index is 347. The lowest BCUT2D eigenvalue weighted by molar-refractivity contribution is -0.136. The predicted octanol–water partition coefficient (Wildman–Crippen LogP) is 1.34. The number of aliphatic carboxylic acids is 1. The van der Waals surface area contributed by atoms with Crippen molar-refractivity contribution in [2.45, 2.75) is 32.6 Å². The molecular formula is C10H16N2O2. The maximum Gasteiger partial charge on any atom is 0.309 e. The fourth-order valence-corrected chi connectivity index (χ4v) is 1.47. The van der Waals surface area contributed by atoms with Crippen LogP contribution in [0.4, 0.5) is 0 Å². The summed E-state index contributed by atoms with van der Waals surface area (Å²) in [7, 11) is 1.89. The van der Waals surface area contributed by atoms with Gasteiger partial charge in [0.05, 0.1) is 12.1 Å². The highest BCUT2D eigenvalue weighted by atomic mass is 16.4. The van der Waals surface area contributed by atoms with Crippen LogP contribution in [0.15, 0.2) is 6.20 Å². The van der Waals surface area contributed by atoms with Gasteiger partial charge in [-0.2, -0.15) is 0 Å². The summed E-state index contributed by atoms with van der Waals surface area (Å²) < 4.78 is 1.89. The van der Waals surface area contributed by atoms with Crippen LogP contribution < -0.4 is 0 Å². The van der Waals surface area contributed by atoms with Gasteiger partial charge in [0, 0.05) is 18.7 Å². The van der Waals surface area contributed by atoms with E-state index < -0.39 is 5.97 Å². The molecule has 0 saturated heterocycles. The van der Waals surface area contributed by atoms with Crippen molar-refractivity contribution < 1.29 is 9.90 Å². The summed E-state index contributed by atoms with van der Waals surface area (Å²) in [6.07, 6.45) is 1.76. The lowest BCUT2D eigenvalue weighted by Crippen LogP contribution is -2.17. The first kappa shape index (κ1) is 10.8. The topological polar surface area (TPSA) is 55.1 Å². The van der Waals surface area contributed by atoms with E-state index in [9.17, 15) is 4.79 Å². The highest BCUT2D eigenvalue weighted by molar-refractivity contribution is 5.69. The van der Waals surface area contributed by atoms with E-state index in [4.69, 9.17) is 5.11 Å². The molecule has 1 aromatic heterocycles. The van der Waals surface area contributed by atoms with Crippen molar-refractivity contribution in [1.82, 2.24) is 9.55 Å². The predicted molar refractivity (Wildman–Crippen MR) is 53.2 cm³/mol. The van der Waals surface area contributed by atoms with Gasteiger partial charge in [-0.3, -0.25) is 4.79 Å². The molecule has 0 fully saturated rings. The van der Waals surface area contributed by atoms with Crippen molar-refractivity contribution in [3.8, 4) is 0 Å². The fourth-order valence-electron chi connectivity index (χ4n) is 1.47. The third-order valence-electron chi connectivity index (χ3n) is 1.93. The minimum absolute atomic E-state index is 0.0100. The van der Waals surface area contributed by atoms with Gasteiger partial charge in [0.2, 0.25) is 0 Å². The van der Waals surface area contributed by atoms with E-state index in [2.05, 4.69) is 25.8 Å². The zero-order valence-electron chi connectivity index (χ0n) is 9.03. The van der Waals surface area contributed by atoms with Crippen LogP contribution in [0.1, 0.15) is 32.3 Å². The van der Waals surface area contributed by atoms with Crippen molar-refractivity contribution in [2.75, 3.05) is 0 Å². The number of aryl methyl sites for hydroxylation is 1. The molecule has 0 amide bonds. The monoisotopic (exact) mass is 196 g/mol. The van der Waals surface area contributed by atoms with Crippen LogP contribution >= 0.6 is 0 Å². The number of hydrogen-bond acceptors (Lipinski definition) is 2. The molecule has 1 heterocycles. The fraction of sp³-hybridized carbons (Fsp3) is 0.600. The zero-order valence-corrected chi connectivity index (χ0v) is 9.03. The maximum absolute atomic E-state index is 10.5. The van der Waals surface area contributed by atoms with Gasteiger partial charge in [0.25, 0.3) is 0 Å². The second kappa shape index (κ2) is 3.44. The third kappa shape index (κ3) is 2.34. The lowest BCUT2D eigenvalue weighted by Gasteiger charge is -2.17. The Balaban J connectivity index is 2.99. The summed E-state index contributed by atoms with van der Waals surface area (Å²) in [4.78, 5) is 14.8. The number of carboxylic acid groups (broad SMARTS) is 1. The van der Waals surface area contributed by atoms with Crippen molar-refractivity contribution in [1.29, 1.82) is 0 Å². The number of carbonyl (C=O) groups is 1. The quantitative estimate of drug-likeness (QED) is 0.776. The first-order chi connectivity index (χ1) is 6.30. The number of rotatable bonds is 2. The zero-order chi connectivity index (χ0) is 10.9. The van der Waals surface area contributed by atoms with E-state index in [1.54, 1.807) is 6.20 Å². The van der Waals surface area contributed by atoms with E-state index in [0.717, 1.165) is 5.82 Å². The second-order valence-corrected chi connectivity index (χ2v) is 4.49. The molecule has 78 valence electrons. The summed E-state index contributed by atoms with van der Waals surface area (Å²) in [5, 5.41) is 8.62. The summed E-state index contributed by atoms with van der Waals surface area (Å²) in [5.41, 5.74) is 0.566. The Kier molecular flexibility index (Phi) is 2.64. The van der Waals surface area contributed by atoms with Crippen LogP contribution in [0.5, 0.6) is 0 Å². The Labute approximate surface area is 83.6 Å². The molecule has 0 aromatic carbocycles. The van der Waals surface area contributed by atoms with Gasteiger partial charge in [0.1, 0.15) is 5.82 Å². The van der Waals surface area contributed by atoms with Crippen LogP contribution in [0.25, 0.3) is 0 Å². The van der Waals surface area contributed by atoms with Gasteiger partial charge in [0.15, 0.2) is 0 Å². The largest absolute Gasteiger partial charge is 0.481 e. The van der Waals surface area contributed by atoms with Gasteiger partial charge in [-0.1, -0.05) is 20.8 Å². The molecule has 0 radical (unpaired) electrons.